The Morgan fingerprint density at radius 3 is 2.58 bits per heavy atom. The van der Waals surface area contributed by atoms with E-state index in [0.29, 0.717) is 18.1 Å². The predicted octanol–water partition coefficient (Wildman–Crippen LogP) is 1.08. The van der Waals surface area contributed by atoms with Gasteiger partial charge in [0.2, 0.25) is 0 Å². The van der Waals surface area contributed by atoms with Gasteiger partial charge in [-0.3, -0.25) is 9.48 Å². The standard InChI is InChI=1S/C14H22N4O/c1-9-13(8-17(2)16-9)14(19)18(3)12-6-10-4-5-11(7-12)15-10/h8,10-12,15H,4-7H2,1-3H3. The molecule has 0 aromatic carbocycles. The molecule has 1 aromatic rings. The summed E-state index contributed by atoms with van der Waals surface area (Å²) in [6.45, 7) is 1.90. The van der Waals surface area contributed by atoms with Gasteiger partial charge in [0.1, 0.15) is 0 Å². The number of amides is 1. The lowest BCUT2D eigenvalue weighted by atomic mass is 9.98. The number of aromatic nitrogens is 2. The van der Waals surface area contributed by atoms with E-state index in [1.54, 1.807) is 4.68 Å². The van der Waals surface area contributed by atoms with E-state index in [1.807, 2.05) is 32.1 Å². The van der Waals surface area contributed by atoms with Crippen molar-refractivity contribution in [3.8, 4) is 0 Å². The average Bonchev–Trinajstić information content (AvgIpc) is 2.89. The normalized spacial score (nSPS) is 29.5. The third-order valence-corrected chi connectivity index (χ3v) is 4.56. The highest BCUT2D eigenvalue weighted by Crippen LogP contribution is 2.29. The van der Waals surface area contributed by atoms with Crippen molar-refractivity contribution in [2.45, 2.75) is 50.7 Å². The van der Waals surface area contributed by atoms with Gasteiger partial charge in [-0.05, 0) is 32.6 Å². The topological polar surface area (TPSA) is 50.2 Å². The molecule has 1 aromatic heterocycles. The summed E-state index contributed by atoms with van der Waals surface area (Å²) in [4.78, 5) is 14.5. The molecule has 5 nitrogen and oxygen atoms in total. The minimum Gasteiger partial charge on any atom is -0.338 e. The van der Waals surface area contributed by atoms with Crippen LogP contribution in [0.2, 0.25) is 0 Å². The van der Waals surface area contributed by atoms with Crippen LogP contribution in [0, 0.1) is 6.92 Å². The second-order valence-corrected chi connectivity index (χ2v) is 5.98. The number of piperidine rings is 1. The number of carbonyl (C=O) groups excluding carboxylic acids is 1. The quantitative estimate of drug-likeness (QED) is 0.868. The van der Waals surface area contributed by atoms with Gasteiger partial charge in [0, 0.05) is 38.4 Å². The summed E-state index contributed by atoms with van der Waals surface area (Å²) in [6.07, 6.45) is 6.50. The summed E-state index contributed by atoms with van der Waals surface area (Å²) in [6, 6.07) is 1.58. The van der Waals surface area contributed by atoms with Crippen molar-refractivity contribution in [2.24, 2.45) is 7.05 Å². The first-order valence-corrected chi connectivity index (χ1v) is 7.08. The zero-order valence-electron chi connectivity index (χ0n) is 11.9. The maximum absolute atomic E-state index is 12.6. The number of hydrogen-bond donors (Lipinski definition) is 1. The van der Waals surface area contributed by atoms with Crippen LogP contribution in [-0.2, 0) is 7.05 Å². The summed E-state index contributed by atoms with van der Waals surface area (Å²) in [5.41, 5.74) is 1.55. The van der Waals surface area contributed by atoms with Gasteiger partial charge in [0.25, 0.3) is 5.91 Å². The third kappa shape index (κ3) is 2.27. The van der Waals surface area contributed by atoms with Gasteiger partial charge in [-0.25, -0.2) is 0 Å². The highest BCUT2D eigenvalue weighted by molar-refractivity contribution is 5.95. The molecule has 2 aliphatic heterocycles. The van der Waals surface area contributed by atoms with Crippen LogP contribution in [0.5, 0.6) is 0 Å². The van der Waals surface area contributed by atoms with E-state index in [0.717, 1.165) is 24.1 Å². The Hall–Kier alpha value is -1.36. The molecule has 2 bridgehead atoms. The minimum atomic E-state index is 0.108. The van der Waals surface area contributed by atoms with Gasteiger partial charge in [-0.15, -0.1) is 0 Å². The van der Waals surface area contributed by atoms with Crippen LogP contribution in [0.3, 0.4) is 0 Å². The van der Waals surface area contributed by atoms with Gasteiger partial charge in [-0.2, -0.15) is 5.10 Å². The van der Waals surface area contributed by atoms with Crippen molar-refractivity contribution in [3.63, 3.8) is 0 Å². The van der Waals surface area contributed by atoms with Crippen LogP contribution in [0.1, 0.15) is 41.7 Å². The molecular weight excluding hydrogens is 240 g/mol. The predicted molar refractivity (Wildman–Crippen MR) is 73.0 cm³/mol. The molecule has 2 atom stereocenters. The Labute approximate surface area is 114 Å². The van der Waals surface area contributed by atoms with E-state index in [4.69, 9.17) is 0 Å². The zero-order chi connectivity index (χ0) is 13.6. The van der Waals surface area contributed by atoms with E-state index in [-0.39, 0.29) is 5.91 Å². The van der Waals surface area contributed by atoms with Crippen molar-refractivity contribution >= 4 is 5.91 Å². The molecule has 5 heteroatoms. The molecule has 1 amide bonds. The van der Waals surface area contributed by atoms with Gasteiger partial charge < -0.3 is 10.2 Å². The van der Waals surface area contributed by atoms with Crippen LogP contribution in [0.4, 0.5) is 0 Å². The first-order chi connectivity index (χ1) is 9.04. The van der Waals surface area contributed by atoms with Gasteiger partial charge in [0.15, 0.2) is 0 Å². The molecule has 3 rings (SSSR count). The molecular formula is C14H22N4O. The van der Waals surface area contributed by atoms with E-state index in [2.05, 4.69) is 10.4 Å². The van der Waals surface area contributed by atoms with E-state index in [1.165, 1.54) is 12.8 Å². The van der Waals surface area contributed by atoms with Crippen molar-refractivity contribution in [3.05, 3.63) is 17.5 Å². The summed E-state index contributed by atoms with van der Waals surface area (Å²) < 4.78 is 1.71. The smallest absolute Gasteiger partial charge is 0.257 e. The molecule has 2 fully saturated rings. The number of hydrogen-bond acceptors (Lipinski definition) is 3. The van der Waals surface area contributed by atoms with Crippen molar-refractivity contribution in [2.75, 3.05) is 7.05 Å². The number of carbonyl (C=O) groups is 1. The SMILES string of the molecule is Cc1nn(C)cc1C(=O)N(C)C1CC2CCC(C1)N2. The summed E-state index contributed by atoms with van der Waals surface area (Å²) in [5.74, 6) is 0.108. The second-order valence-electron chi connectivity index (χ2n) is 5.98. The van der Waals surface area contributed by atoms with Crippen molar-refractivity contribution in [1.82, 2.24) is 20.0 Å². The summed E-state index contributed by atoms with van der Waals surface area (Å²) in [5, 5.41) is 7.87. The maximum atomic E-state index is 12.6. The van der Waals surface area contributed by atoms with Crippen LogP contribution >= 0.6 is 0 Å². The highest BCUT2D eigenvalue weighted by atomic mass is 16.2. The number of aryl methyl sites for hydroxylation is 2. The number of fused-ring (bicyclic) bond motifs is 2. The van der Waals surface area contributed by atoms with Gasteiger partial charge >= 0.3 is 0 Å². The van der Waals surface area contributed by atoms with E-state index in [9.17, 15) is 4.79 Å². The first kappa shape index (κ1) is 12.7. The largest absolute Gasteiger partial charge is 0.338 e. The van der Waals surface area contributed by atoms with Gasteiger partial charge in [-0.1, -0.05) is 0 Å². The number of rotatable bonds is 2. The molecule has 2 saturated heterocycles. The monoisotopic (exact) mass is 262 g/mol. The molecule has 0 radical (unpaired) electrons. The Kier molecular flexibility index (Phi) is 3.09. The highest BCUT2D eigenvalue weighted by Gasteiger charge is 2.36. The molecule has 19 heavy (non-hydrogen) atoms. The molecule has 2 unspecified atom stereocenters. The average molecular weight is 262 g/mol. The Bertz CT molecular complexity index is 484. The summed E-state index contributed by atoms with van der Waals surface area (Å²) >= 11 is 0. The van der Waals surface area contributed by atoms with Crippen LogP contribution in [0.15, 0.2) is 6.20 Å². The molecule has 0 saturated carbocycles. The van der Waals surface area contributed by atoms with E-state index >= 15 is 0 Å². The Morgan fingerprint density at radius 1 is 1.42 bits per heavy atom. The van der Waals surface area contributed by atoms with Crippen molar-refractivity contribution in [1.29, 1.82) is 0 Å². The minimum absolute atomic E-state index is 0.108. The lowest BCUT2D eigenvalue weighted by molar-refractivity contribution is 0.0681. The fraction of sp³-hybridized carbons (Fsp3) is 0.714. The molecule has 3 heterocycles. The first-order valence-electron chi connectivity index (χ1n) is 7.08. The fourth-order valence-electron chi connectivity index (χ4n) is 3.51. The van der Waals surface area contributed by atoms with Crippen LogP contribution in [-0.4, -0.2) is 45.8 Å². The lowest BCUT2D eigenvalue weighted by Crippen LogP contribution is -2.48. The lowest BCUT2D eigenvalue weighted by Gasteiger charge is -2.35. The molecule has 0 aliphatic carbocycles. The summed E-state index contributed by atoms with van der Waals surface area (Å²) in [7, 11) is 3.79. The third-order valence-electron chi connectivity index (χ3n) is 4.56. The van der Waals surface area contributed by atoms with Gasteiger partial charge in [0.05, 0.1) is 11.3 Å². The number of nitrogens with zero attached hydrogens (tertiary/aromatic N) is 3. The molecule has 1 N–H and O–H groups in total. The van der Waals surface area contributed by atoms with Crippen LogP contribution < -0.4 is 5.32 Å². The maximum Gasteiger partial charge on any atom is 0.257 e. The molecule has 0 spiro atoms. The van der Waals surface area contributed by atoms with Crippen LogP contribution in [0.25, 0.3) is 0 Å². The van der Waals surface area contributed by atoms with E-state index < -0.39 is 0 Å². The molecule has 2 aliphatic rings. The molecule has 104 valence electrons. The second kappa shape index (κ2) is 4.63. The Balaban J connectivity index is 1.75. The number of nitrogens with one attached hydrogen (secondary N) is 1. The zero-order valence-corrected chi connectivity index (χ0v) is 11.9. The van der Waals surface area contributed by atoms with Crippen molar-refractivity contribution < 1.29 is 4.79 Å². The fourth-order valence-corrected chi connectivity index (χ4v) is 3.51. The Morgan fingerprint density at radius 2 is 2.05 bits per heavy atom.